The summed E-state index contributed by atoms with van der Waals surface area (Å²) in [6.45, 7) is 2.38. The third-order valence-electron chi connectivity index (χ3n) is 4.03. The highest BCUT2D eigenvalue weighted by atomic mass is 16.5. The van der Waals surface area contributed by atoms with Crippen LogP contribution in [0.2, 0.25) is 0 Å². The number of methoxy groups -OCH3 is 1. The largest absolute Gasteiger partial charge is 0.384 e. The fraction of sp³-hybridized carbons (Fsp3) is 0.438. The van der Waals surface area contributed by atoms with Crippen molar-refractivity contribution in [3.63, 3.8) is 0 Å². The molecule has 0 bridgehead atoms. The van der Waals surface area contributed by atoms with E-state index in [-0.39, 0.29) is 5.91 Å². The number of fused-ring (bicyclic) bond motifs is 1. The number of nitrogens with one attached hydrogen (secondary N) is 1. The van der Waals surface area contributed by atoms with Crippen LogP contribution in [0.15, 0.2) is 30.5 Å². The number of amides is 1. The minimum atomic E-state index is 0.128. The second-order valence-corrected chi connectivity index (χ2v) is 5.46. The number of benzene rings is 1. The Morgan fingerprint density at radius 2 is 2.30 bits per heavy atom. The predicted octanol–water partition coefficient (Wildman–Crippen LogP) is 2.67. The van der Waals surface area contributed by atoms with Gasteiger partial charge in [-0.25, -0.2) is 0 Å². The number of likely N-dealkylation sites (tertiary alicyclic amines) is 1. The average Bonchev–Trinajstić information content (AvgIpc) is 2.91. The molecule has 1 aliphatic heterocycles. The summed E-state index contributed by atoms with van der Waals surface area (Å²) in [5, 5.41) is 1.01. The zero-order valence-corrected chi connectivity index (χ0v) is 11.8. The highest BCUT2D eigenvalue weighted by Gasteiger charge is 2.25. The van der Waals surface area contributed by atoms with Gasteiger partial charge in [-0.05, 0) is 24.8 Å². The first-order valence-electron chi connectivity index (χ1n) is 7.14. The van der Waals surface area contributed by atoms with Gasteiger partial charge in [0.1, 0.15) is 0 Å². The van der Waals surface area contributed by atoms with Gasteiger partial charge in [0.15, 0.2) is 0 Å². The number of H-pyrrole nitrogens is 1. The third kappa shape index (κ3) is 2.43. The van der Waals surface area contributed by atoms with Gasteiger partial charge in [0.05, 0.1) is 12.2 Å². The summed E-state index contributed by atoms with van der Waals surface area (Å²) in [7, 11) is 1.72. The van der Waals surface area contributed by atoms with Gasteiger partial charge in [-0.3, -0.25) is 4.79 Å². The van der Waals surface area contributed by atoms with Crippen LogP contribution in [0.1, 0.15) is 23.2 Å². The van der Waals surface area contributed by atoms with Crippen LogP contribution in [0.4, 0.5) is 0 Å². The standard InChI is InChI=1S/C16H20N2O2/c1-20-11-12-5-4-8-18(10-12)16(19)14-9-17-15-7-3-2-6-13(14)15/h2-3,6-7,9,12,17H,4-5,8,10-11H2,1H3. The van der Waals surface area contributed by atoms with Gasteiger partial charge in [-0.15, -0.1) is 0 Å². The van der Waals surface area contributed by atoms with Gasteiger partial charge in [0.2, 0.25) is 0 Å². The van der Waals surface area contributed by atoms with Gasteiger partial charge < -0.3 is 14.6 Å². The van der Waals surface area contributed by atoms with Gasteiger partial charge >= 0.3 is 0 Å². The molecule has 4 nitrogen and oxygen atoms in total. The lowest BCUT2D eigenvalue weighted by atomic mass is 9.98. The third-order valence-corrected chi connectivity index (χ3v) is 4.03. The van der Waals surface area contributed by atoms with E-state index in [0.717, 1.165) is 49.0 Å². The monoisotopic (exact) mass is 272 g/mol. The molecule has 3 rings (SSSR count). The molecular weight excluding hydrogens is 252 g/mol. The van der Waals surface area contributed by atoms with Crippen molar-refractivity contribution in [1.29, 1.82) is 0 Å². The molecule has 1 aliphatic rings. The zero-order chi connectivity index (χ0) is 13.9. The Hall–Kier alpha value is -1.81. The molecule has 1 saturated heterocycles. The van der Waals surface area contributed by atoms with E-state index in [0.29, 0.717) is 5.92 Å². The van der Waals surface area contributed by atoms with Crippen molar-refractivity contribution >= 4 is 16.8 Å². The van der Waals surface area contributed by atoms with Crippen LogP contribution in [0.5, 0.6) is 0 Å². The number of ether oxygens (including phenoxy) is 1. The maximum atomic E-state index is 12.7. The molecule has 1 amide bonds. The topological polar surface area (TPSA) is 45.3 Å². The molecule has 4 heteroatoms. The van der Waals surface area contributed by atoms with Crippen molar-refractivity contribution in [2.75, 3.05) is 26.8 Å². The van der Waals surface area contributed by atoms with Crippen molar-refractivity contribution in [1.82, 2.24) is 9.88 Å². The van der Waals surface area contributed by atoms with E-state index >= 15 is 0 Å². The molecule has 1 N–H and O–H groups in total. The summed E-state index contributed by atoms with van der Waals surface area (Å²) < 4.78 is 5.23. The summed E-state index contributed by atoms with van der Waals surface area (Å²) in [4.78, 5) is 17.8. The van der Waals surface area contributed by atoms with Gasteiger partial charge in [-0.2, -0.15) is 0 Å². The van der Waals surface area contributed by atoms with Crippen LogP contribution in [0, 0.1) is 5.92 Å². The smallest absolute Gasteiger partial charge is 0.256 e. The second-order valence-electron chi connectivity index (χ2n) is 5.46. The normalized spacial score (nSPS) is 19.4. The van der Waals surface area contributed by atoms with Crippen molar-refractivity contribution < 1.29 is 9.53 Å². The summed E-state index contributed by atoms with van der Waals surface area (Å²) in [6, 6.07) is 7.94. The Labute approximate surface area is 118 Å². The molecular formula is C16H20N2O2. The molecule has 1 aromatic carbocycles. The number of rotatable bonds is 3. The molecule has 0 radical (unpaired) electrons. The van der Waals surface area contributed by atoms with E-state index in [1.165, 1.54) is 0 Å². The van der Waals surface area contributed by atoms with Crippen LogP contribution >= 0.6 is 0 Å². The lowest BCUT2D eigenvalue weighted by molar-refractivity contribution is 0.0572. The van der Waals surface area contributed by atoms with E-state index in [1.807, 2.05) is 35.4 Å². The predicted molar refractivity (Wildman–Crippen MR) is 78.8 cm³/mol. The van der Waals surface area contributed by atoms with E-state index in [2.05, 4.69) is 4.98 Å². The van der Waals surface area contributed by atoms with Crippen LogP contribution in [-0.2, 0) is 4.74 Å². The molecule has 106 valence electrons. The summed E-state index contributed by atoms with van der Waals surface area (Å²) in [5.74, 6) is 0.589. The molecule has 1 aromatic heterocycles. The summed E-state index contributed by atoms with van der Waals surface area (Å²) in [5.41, 5.74) is 1.79. The van der Waals surface area contributed by atoms with Crippen molar-refractivity contribution in [2.24, 2.45) is 5.92 Å². The Bertz CT molecular complexity index is 603. The number of para-hydroxylation sites is 1. The fourth-order valence-corrected chi connectivity index (χ4v) is 3.04. The molecule has 2 aromatic rings. The fourth-order valence-electron chi connectivity index (χ4n) is 3.04. The number of aromatic nitrogens is 1. The molecule has 0 saturated carbocycles. The number of hydrogen-bond acceptors (Lipinski definition) is 2. The lowest BCUT2D eigenvalue weighted by Gasteiger charge is -2.32. The zero-order valence-electron chi connectivity index (χ0n) is 11.8. The molecule has 0 aliphatic carbocycles. The molecule has 20 heavy (non-hydrogen) atoms. The second kappa shape index (κ2) is 5.67. The van der Waals surface area contributed by atoms with Gasteiger partial charge in [-0.1, -0.05) is 18.2 Å². The Morgan fingerprint density at radius 1 is 1.45 bits per heavy atom. The van der Waals surface area contributed by atoms with Crippen LogP contribution < -0.4 is 0 Å². The maximum absolute atomic E-state index is 12.7. The quantitative estimate of drug-likeness (QED) is 0.933. The van der Waals surface area contributed by atoms with Crippen molar-refractivity contribution in [2.45, 2.75) is 12.8 Å². The van der Waals surface area contributed by atoms with E-state index in [9.17, 15) is 4.79 Å². The number of nitrogens with zero attached hydrogens (tertiary/aromatic N) is 1. The lowest BCUT2D eigenvalue weighted by Crippen LogP contribution is -2.41. The first-order chi connectivity index (χ1) is 9.79. The van der Waals surface area contributed by atoms with Crippen molar-refractivity contribution in [3.8, 4) is 0 Å². The van der Waals surface area contributed by atoms with Gasteiger partial charge in [0, 0.05) is 37.3 Å². The molecule has 0 spiro atoms. The average molecular weight is 272 g/mol. The molecule has 1 atom stereocenters. The highest BCUT2D eigenvalue weighted by molar-refractivity contribution is 6.06. The van der Waals surface area contributed by atoms with Crippen LogP contribution in [0.25, 0.3) is 10.9 Å². The Morgan fingerprint density at radius 3 is 3.15 bits per heavy atom. The number of hydrogen-bond donors (Lipinski definition) is 1. The van der Waals surface area contributed by atoms with Crippen molar-refractivity contribution in [3.05, 3.63) is 36.0 Å². The van der Waals surface area contributed by atoms with Gasteiger partial charge in [0.25, 0.3) is 5.91 Å². The molecule has 2 heterocycles. The van der Waals surface area contributed by atoms with E-state index in [1.54, 1.807) is 7.11 Å². The summed E-state index contributed by atoms with van der Waals surface area (Å²) >= 11 is 0. The highest BCUT2D eigenvalue weighted by Crippen LogP contribution is 2.23. The number of carbonyl (C=O) groups excluding carboxylic acids is 1. The minimum absolute atomic E-state index is 0.128. The van der Waals surface area contributed by atoms with E-state index in [4.69, 9.17) is 4.74 Å². The number of carbonyl (C=O) groups is 1. The first-order valence-corrected chi connectivity index (χ1v) is 7.14. The first kappa shape index (κ1) is 13.2. The SMILES string of the molecule is COCC1CCCN(C(=O)c2c[nH]c3ccccc23)C1. The van der Waals surface area contributed by atoms with Crippen LogP contribution in [-0.4, -0.2) is 42.6 Å². The molecule has 1 fully saturated rings. The Kier molecular flexibility index (Phi) is 3.74. The number of aromatic amines is 1. The number of piperidine rings is 1. The summed E-state index contributed by atoms with van der Waals surface area (Å²) in [6.07, 6.45) is 4.03. The molecule has 1 unspecified atom stereocenters. The van der Waals surface area contributed by atoms with Crippen LogP contribution in [0.3, 0.4) is 0 Å². The minimum Gasteiger partial charge on any atom is -0.384 e. The Balaban J connectivity index is 1.81. The van der Waals surface area contributed by atoms with E-state index < -0.39 is 0 Å². The maximum Gasteiger partial charge on any atom is 0.256 e.